The van der Waals surface area contributed by atoms with Crippen LogP contribution in [-0.4, -0.2) is 39.6 Å². The fourth-order valence-electron chi connectivity index (χ4n) is 3.19. The topological polar surface area (TPSA) is 108 Å². The number of hydrogen-bond donors (Lipinski definition) is 2. The van der Waals surface area contributed by atoms with E-state index < -0.39 is 10.0 Å². The van der Waals surface area contributed by atoms with Crippen LogP contribution in [0.15, 0.2) is 53.9 Å². The standard InChI is InChI=1S/C19H22N6O2S/c1-3-14(10-20)23-24-12-22-17-11-21-19-16(18(17)24)8-9-25(19)28(26,27)15-6-4-13(2)5-7-15/h4-9,11-12,14,23H,3,10,20H2,1-2H3/t14-/m1/s1. The first kappa shape index (κ1) is 18.5. The molecule has 9 heteroatoms. The number of rotatable bonds is 6. The van der Waals surface area contributed by atoms with E-state index in [0.717, 1.165) is 17.5 Å². The molecule has 1 atom stereocenters. The van der Waals surface area contributed by atoms with Gasteiger partial charge in [-0.05, 0) is 31.5 Å². The van der Waals surface area contributed by atoms with E-state index in [1.165, 1.54) is 10.2 Å². The average molecular weight is 398 g/mol. The minimum Gasteiger partial charge on any atom is -0.328 e. The molecule has 3 aromatic heterocycles. The zero-order valence-electron chi connectivity index (χ0n) is 15.7. The van der Waals surface area contributed by atoms with Crippen LogP contribution in [0.3, 0.4) is 0 Å². The van der Waals surface area contributed by atoms with E-state index in [4.69, 9.17) is 5.73 Å². The van der Waals surface area contributed by atoms with Gasteiger partial charge in [-0.3, -0.25) is 0 Å². The molecule has 28 heavy (non-hydrogen) atoms. The lowest BCUT2D eigenvalue weighted by Crippen LogP contribution is -2.33. The second-order valence-corrected chi connectivity index (χ2v) is 8.56. The third kappa shape index (κ3) is 2.92. The van der Waals surface area contributed by atoms with E-state index in [2.05, 4.69) is 15.4 Å². The number of imidazole rings is 1. The molecule has 4 rings (SSSR count). The molecule has 0 aliphatic heterocycles. The molecule has 3 N–H and O–H groups in total. The summed E-state index contributed by atoms with van der Waals surface area (Å²) >= 11 is 0. The zero-order chi connectivity index (χ0) is 19.9. The van der Waals surface area contributed by atoms with Crippen LogP contribution in [0, 0.1) is 6.92 Å². The molecule has 4 aromatic rings. The summed E-state index contributed by atoms with van der Waals surface area (Å²) in [4.78, 5) is 8.96. The molecule has 0 bridgehead atoms. The number of nitrogens with two attached hydrogens (primary N) is 1. The molecule has 3 heterocycles. The highest BCUT2D eigenvalue weighted by atomic mass is 32.2. The highest BCUT2D eigenvalue weighted by molar-refractivity contribution is 7.90. The number of fused-ring (bicyclic) bond motifs is 3. The summed E-state index contributed by atoms with van der Waals surface area (Å²) < 4.78 is 29.2. The zero-order valence-corrected chi connectivity index (χ0v) is 16.5. The first-order valence-electron chi connectivity index (χ1n) is 9.07. The summed E-state index contributed by atoms with van der Waals surface area (Å²) in [6, 6.07) is 8.60. The number of aromatic nitrogens is 4. The molecule has 146 valence electrons. The van der Waals surface area contributed by atoms with Gasteiger partial charge in [-0.25, -0.2) is 27.0 Å². The Kier molecular flexibility index (Phi) is 4.56. The van der Waals surface area contributed by atoms with E-state index >= 15 is 0 Å². The quantitative estimate of drug-likeness (QED) is 0.516. The highest BCUT2D eigenvalue weighted by Crippen LogP contribution is 2.26. The number of aryl methyl sites for hydroxylation is 1. The van der Waals surface area contributed by atoms with E-state index in [1.807, 2.05) is 13.8 Å². The van der Waals surface area contributed by atoms with Crippen molar-refractivity contribution in [1.82, 2.24) is 18.6 Å². The van der Waals surface area contributed by atoms with Gasteiger partial charge >= 0.3 is 0 Å². The molecule has 0 saturated heterocycles. The van der Waals surface area contributed by atoms with Gasteiger partial charge in [-0.15, -0.1) is 0 Å². The lowest BCUT2D eigenvalue weighted by atomic mass is 10.2. The van der Waals surface area contributed by atoms with Crippen LogP contribution in [0.4, 0.5) is 0 Å². The molecule has 0 aliphatic carbocycles. The van der Waals surface area contributed by atoms with Gasteiger partial charge in [0, 0.05) is 18.1 Å². The largest absolute Gasteiger partial charge is 0.328 e. The third-order valence-electron chi connectivity index (χ3n) is 4.86. The van der Waals surface area contributed by atoms with Crippen molar-refractivity contribution >= 4 is 32.1 Å². The van der Waals surface area contributed by atoms with Gasteiger partial charge in [-0.2, -0.15) is 0 Å². The Bertz CT molecular complexity index is 1240. The summed E-state index contributed by atoms with van der Waals surface area (Å²) in [6.45, 7) is 4.44. The van der Waals surface area contributed by atoms with E-state index in [1.54, 1.807) is 47.5 Å². The van der Waals surface area contributed by atoms with E-state index in [-0.39, 0.29) is 10.9 Å². The normalized spacial score (nSPS) is 13.2. The fourth-order valence-corrected chi connectivity index (χ4v) is 4.49. The molecule has 0 amide bonds. The Labute approximate surface area is 163 Å². The van der Waals surface area contributed by atoms with Crippen molar-refractivity contribution in [2.45, 2.75) is 31.2 Å². The molecule has 8 nitrogen and oxygen atoms in total. The van der Waals surface area contributed by atoms with E-state index in [0.29, 0.717) is 23.1 Å². The van der Waals surface area contributed by atoms with Crippen LogP contribution in [0.2, 0.25) is 0 Å². The van der Waals surface area contributed by atoms with Gasteiger partial charge in [-0.1, -0.05) is 24.6 Å². The maximum absolute atomic E-state index is 13.1. The summed E-state index contributed by atoms with van der Waals surface area (Å²) in [5, 5.41) is 0.699. The summed E-state index contributed by atoms with van der Waals surface area (Å²) in [7, 11) is -3.75. The van der Waals surface area contributed by atoms with Crippen LogP contribution >= 0.6 is 0 Å². The Morgan fingerprint density at radius 1 is 1.18 bits per heavy atom. The van der Waals surface area contributed by atoms with Gasteiger partial charge in [0.25, 0.3) is 10.0 Å². The Balaban J connectivity index is 1.88. The lowest BCUT2D eigenvalue weighted by molar-refractivity contribution is 0.589. The predicted molar refractivity (Wildman–Crippen MR) is 109 cm³/mol. The van der Waals surface area contributed by atoms with Gasteiger partial charge in [0.15, 0.2) is 5.65 Å². The monoisotopic (exact) mass is 398 g/mol. The SMILES string of the molecule is CC[C@H](CN)Nn1cnc2cnc3c(ccn3S(=O)(=O)c3ccc(C)cc3)c21. The number of hydrogen-bond acceptors (Lipinski definition) is 6. The first-order valence-corrected chi connectivity index (χ1v) is 10.5. The summed E-state index contributed by atoms with van der Waals surface area (Å²) in [5.74, 6) is 0. The van der Waals surface area contributed by atoms with Crippen molar-refractivity contribution in [2.75, 3.05) is 12.0 Å². The van der Waals surface area contributed by atoms with Gasteiger partial charge in [0.2, 0.25) is 0 Å². The van der Waals surface area contributed by atoms with E-state index in [9.17, 15) is 8.42 Å². The van der Waals surface area contributed by atoms with Crippen LogP contribution < -0.4 is 11.2 Å². The number of benzene rings is 1. The molecule has 0 aliphatic rings. The summed E-state index contributed by atoms with van der Waals surface area (Å²) in [5.41, 5.74) is 11.9. The van der Waals surface area contributed by atoms with Crippen molar-refractivity contribution in [3.63, 3.8) is 0 Å². The maximum Gasteiger partial charge on any atom is 0.269 e. The van der Waals surface area contributed by atoms with Crippen molar-refractivity contribution in [1.29, 1.82) is 0 Å². The molecular weight excluding hydrogens is 376 g/mol. The lowest BCUT2D eigenvalue weighted by Gasteiger charge is -2.17. The maximum atomic E-state index is 13.1. The molecular formula is C19H22N6O2S. The molecule has 0 radical (unpaired) electrons. The van der Waals surface area contributed by atoms with Crippen molar-refractivity contribution in [3.8, 4) is 0 Å². The van der Waals surface area contributed by atoms with Gasteiger partial charge in [0.1, 0.15) is 17.4 Å². The van der Waals surface area contributed by atoms with Gasteiger partial charge < -0.3 is 11.2 Å². The Morgan fingerprint density at radius 3 is 2.61 bits per heavy atom. The average Bonchev–Trinajstić information content (AvgIpc) is 3.30. The van der Waals surface area contributed by atoms with Crippen LogP contribution in [0.5, 0.6) is 0 Å². The highest BCUT2D eigenvalue weighted by Gasteiger charge is 2.22. The number of nitrogens with zero attached hydrogens (tertiary/aromatic N) is 4. The van der Waals surface area contributed by atoms with Gasteiger partial charge in [0.05, 0.1) is 17.1 Å². The Hall–Kier alpha value is -2.91. The van der Waals surface area contributed by atoms with Crippen molar-refractivity contribution < 1.29 is 8.42 Å². The molecule has 0 saturated carbocycles. The summed E-state index contributed by atoms with van der Waals surface area (Å²) in [6.07, 6.45) is 5.63. The minimum atomic E-state index is -3.75. The van der Waals surface area contributed by atoms with Crippen molar-refractivity contribution in [3.05, 3.63) is 54.6 Å². The number of nitrogens with one attached hydrogen (secondary N) is 1. The van der Waals surface area contributed by atoms with Crippen molar-refractivity contribution in [2.24, 2.45) is 5.73 Å². The molecule has 0 fully saturated rings. The second-order valence-electron chi connectivity index (χ2n) is 6.74. The third-order valence-corrected chi connectivity index (χ3v) is 6.54. The molecule has 0 spiro atoms. The molecule has 0 unspecified atom stereocenters. The first-order chi connectivity index (χ1) is 13.5. The van der Waals surface area contributed by atoms with Crippen LogP contribution in [-0.2, 0) is 10.0 Å². The fraction of sp³-hybridized carbons (Fsp3) is 0.263. The predicted octanol–water partition coefficient (Wildman–Crippen LogP) is 2.21. The number of pyridine rings is 1. The smallest absolute Gasteiger partial charge is 0.269 e. The van der Waals surface area contributed by atoms with Crippen LogP contribution in [0.25, 0.3) is 22.1 Å². The van der Waals surface area contributed by atoms with Crippen LogP contribution in [0.1, 0.15) is 18.9 Å². The Morgan fingerprint density at radius 2 is 1.93 bits per heavy atom. The molecule has 1 aromatic carbocycles. The minimum absolute atomic E-state index is 0.0824. The second kappa shape index (κ2) is 6.92.